The smallest absolute Gasteiger partial charge is 0.387 e. The second-order valence-electron chi connectivity index (χ2n) is 5.59. The Labute approximate surface area is 139 Å². The van der Waals surface area contributed by atoms with E-state index in [-0.39, 0.29) is 18.3 Å². The summed E-state index contributed by atoms with van der Waals surface area (Å²) in [5.41, 5.74) is 2.92. The Bertz CT molecular complexity index is 722. The number of nitrogens with one attached hydrogen (secondary N) is 1. The minimum atomic E-state index is -2.89. The lowest BCUT2D eigenvalue weighted by molar-refractivity contribution is -0.0504. The van der Waals surface area contributed by atoms with E-state index in [0.29, 0.717) is 18.7 Å². The maximum Gasteiger partial charge on any atom is 0.387 e. The van der Waals surface area contributed by atoms with Crippen molar-refractivity contribution in [3.63, 3.8) is 0 Å². The molecule has 0 aliphatic carbocycles. The molecule has 2 aromatic carbocycles. The molecule has 0 bridgehead atoms. The third kappa shape index (κ3) is 3.82. The van der Waals surface area contributed by atoms with Gasteiger partial charge in [-0.15, -0.1) is 0 Å². The van der Waals surface area contributed by atoms with E-state index in [1.807, 2.05) is 18.2 Å². The summed E-state index contributed by atoms with van der Waals surface area (Å²) in [4.78, 5) is 14.1. The summed E-state index contributed by atoms with van der Waals surface area (Å²) in [5, 5.41) is 2.78. The van der Waals surface area contributed by atoms with Crippen molar-refractivity contribution >= 4 is 6.03 Å². The Balaban J connectivity index is 1.61. The number of ether oxygens (including phenoxy) is 1. The second kappa shape index (κ2) is 7.29. The quantitative estimate of drug-likeness (QED) is 0.930. The van der Waals surface area contributed by atoms with Crippen LogP contribution in [-0.2, 0) is 19.5 Å². The fourth-order valence-corrected chi connectivity index (χ4v) is 2.81. The van der Waals surface area contributed by atoms with Crippen LogP contribution in [0.3, 0.4) is 0 Å². The van der Waals surface area contributed by atoms with Gasteiger partial charge in [0.15, 0.2) is 0 Å². The molecule has 1 aliphatic heterocycles. The molecule has 6 heteroatoms. The molecule has 2 aromatic rings. The number of carbonyl (C=O) groups is 1. The highest BCUT2D eigenvalue weighted by Gasteiger charge is 2.20. The summed E-state index contributed by atoms with van der Waals surface area (Å²) < 4.78 is 29.3. The Morgan fingerprint density at radius 3 is 2.62 bits per heavy atom. The molecular weight excluding hydrogens is 314 g/mol. The number of amides is 2. The highest BCUT2D eigenvalue weighted by molar-refractivity contribution is 5.74. The lowest BCUT2D eigenvalue weighted by Gasteiger charge is -2.29. The summed E-state index contributed by atoms with van der Waals surface area (Å²) in [5.74, 6) is 0.0804. The first-order valence-corrected chi connectivity index (χ1v) is 7.76. The van der Waals surface area contributed by atoms with Crippen LogP contribution in [0.15, 0.2) is 48.5 Å². The van der Waals surface area contributed by atoms with Crippen molar-refractivity contribution < 1.29 is 18.3 Å². The number of hydrogen-bond donors (Lipinski definition) is 1. The number of alkyl halides is 2. The van der Waals surface area contributed by atoms with Gasteiger partial charge in [-0.2, -0.15) is 8.78 Å². The Hall–Kier alpha value is -2.63. The largest absolute Gasteiger partial charge is 0.434 e. The first kappa shape index (κ1) is 16.2. The Morgan fingerprint density at radius 2 is 1.83 bits per heavy atom. The average molecular weight is 332 g/mol. The van der Waals surface area contributed by atoms with Crippen molar-refractivity contribution in [2.75, 3.05) is 6.54 Å². The molecule has 0 aromatic heterocycles. The van der Waals surface area contributed by atoms with Crippen LogP contribution < -0.4 is 10.1 Å². The summed E-state index contributed by atoms with van der Waals surface area (Å²) in [6.07, 6.45) is 0.814. The predicted molar refractivity (Wildman–Crippen MR) is 85.9 cm³/mol. The minimum Gasteiger partial charge on any atom is -0.434 e. The maximum atomic E-state index is 12.4. The van der Waals surface area contributed by atoms with Crippen molar-refractivity contribution in [2.45, 2.75) is 26.1 Å². The third-order valence-electron chi connectivity index (χ3n) is 4.04. The molecule has 0 unspecified atom stereocenters. The van der Waals surface area contributed by atoms with E-state index in [2.05, 4.69) is 16.1 Å². The number of halogens is 2. The number of benzene rings is 2. The van der Waals surface area contributed by atoms with Crippen LogP contribution in [0.4, 0.5) is 13.6 Å². The monoisotopic (exact) mass is 332 g/mol. The first-order valence-electron chi connectivity index (χ1n) is 7.76. The number of rotatable bonds is 4. The first-order chi connectivity index (χ1) is 11.6. The summed E-state index contributed by atoms with van der Waals surface area (Å²) in [6, 6.07) is 14.3. The predicted octanol–water partition coefficient (Wildman–Crippen LogP) is 3.56. The van der Waals surface area contributed by atoms with E-state index in [9.17, 15) is 13.6 Å². The lowest BCUT2D eigenvalue weighted by atomic mass is 10.0. The van der Waals surface area contributed by atoms with Crippen LogP contribution in [0.1, 0.15) is 16.7 Å². The van der Waals surface area contributed by atoms with Gasteiger partial charge >= 0.3 is 12.6 Å². The summed E-state index contributed by atoms with van der Waals surface area (Å²) in [6.45, 7) is -1.56. The van der Waals surface area contributed by atoms with Crippen molar-refractivity contribution in [1.29, 1.82) is 0 Å². The van der Waals surface area contributed by atoms with Crippen LogP contribution in [0.25, 0.3) is 0 Å². The molecule has 1 aliphatic rings. The number of carbonyl (C=O) groups excluding carboxylic acids is 1. The van der Waals surface area contributed by atoms with Crippen LogP contribution in [0.5, 0.6) is 5.75 Å². The highest BCUT2D eigenvalue weighted by Crippen LogP contribution is 2.21. The van der Waals surface area contributed by atoms with Crippen LogP contribution in [-0.4, -0.2) is 24.1 Å². The van der Waals surface area contributed by atoms with Crippen molar-refractivity contribution in [1.82, 2.24) is 10.2 Å². The van der Waals surface area contributed by atoms with E-state index in [1.54, 1.807) is 23.1 Å². The van der Waals surface area contributed by atoms with Gasteiger partial charge < -0.3 is 15.0 Å². The lowest BCUT2D eigenvalue weighted by Crippen LogP contribution is -2.42. The number of fused-ring (bicyclic) bond motifs is 1. The van der Waals surface area contributed by atoms with Gasteiger partial charge in [0.25, 0.3) is 0 Å². The zero-order valence-electron chi connectivity index (χ0n) is 13.0. The Morgan fingerprint density at radius 1 is 1.12 bits per heavy atom. The number of urea groups is 1. The van der Waals surface area contributed by atoms with Crippen molar-refractivity contribution in [2.24, 2.45) is 0 Å². The van der Waals surface area contributed by atoms with E-state index in [4.69, 9.17) is 0 Å². The Kier molecular flexibility index (Phi) is 4.93. The van der Waals surface area contributed by atoms with Gasteiger partial charge in [0.05, 0.1) is 0 Å². The molecule has 1 heterocycles. The highest BCUT2D eigenvalue weighted by atomic mass is 19.3. The molecule has 0 spiro atoms. The molecule has 24 heavy (non-hydrogen) atoms. The second-order valence-corrected chi connectivity index (χ2v) is 5.59. The van der Waals surface area contributed by atoms with Gasteiger partial charge in [-0.25, -0.2) is 4.79 Å². The summed E-state index contributed by atoms with van der Waals surface area (Å²) in [7, 11) is 0. The van der Waals surface area contributed by atoms with E-state index >= 15 is 0 Å². The summed E-state index contributed by atoms with van der Waals surface area (Å²) >= 11 is 0. The van der Waals surface area contributed by atoms with Crippen molar-refractivity contribution in [3.8, 4) is 5.75 Å². The van der Waals surface area contributed by atoms with Crippen LogP contribution in [0.2, 0.25) is 0 Å². The fraction of sp³-hybridized carbons (Fsp3) is 0.278. The average Bonchev–Trinajstić information content (AvgIpc) is 2.60. The third-order valence-corrected chi connectivity index (χ3v) is 4.04. The van der Waals surface area contributed by atoms with Crippen LogP contribution >= 0.6 is 0 Å². The van der Waals surface area contributed by atoms with Crippen LogP contribution in [0, 0.1) is 0 Å². The van der Waals surface area contributed by atoms with E-state index < -0.39 is 6.61 Å². The molecular formula is C18H18F2N2O2. The minimum absolute atomic E-state index is 0.0804. The number of hydrogen-bond acceptors (Lipinski definition) is 2. The normalized spacial score (nSPS) is 13.5. The molecule has 0 fully saturated rings. The van der Waals surface area contributed by atoms with E-state index in [1.165, 1.54) is 11.6 Å². The van der Waals surface area contributed by atoms with Gasteiger partial charge in [0.1, 0.15) is 5.75 Å². The molecule has 0 atom stereocenters. The molecule has 2 amide bonds. The van der Waals surface area contributed by atoms with Gasteiger partial charge in [-0.3, -0.25) is 0 Å². The van der Waals surface area contributed by atoms with Gasteiger partial charge in [-0.1, -0.05) is 42.5 Å². The number of nitrogens with zero attached hydrogens (tertiary/aromatic N) is 1. The molecule has 0 radical (unpaired) electrons. The molecule has 3 rings (SSSR count). The fourth-order valence-electron chi connectivity index (χ4n) is 2.81. The van der Waals surface area contributed by atoms with Gasteiger partial charge in [0, 0.05) is 25.2 Å². The molecule has 126 valence electrons. The zero-order valence-corrected chi connectivity index (χ0v) is 13.0. The molecule has 0 saturated carbocycles. The standard InChI is InChI=1S/C18H18F2N2O2/c19-17(20)24-16-8-4-3-6-14(16)11-21-18(23)22-10-9-13-5-1-2-7-15(13)12-22/h1-8,17H,9-12H2,(H,21,23). The molecule has 0 saturated heterocycles. The topological polar surface area (TPSA) is 41.6 Å². The SMILES string of the molecule is O=C(NCc1ccccc1OC(F)F)N1CCc2ccccc2C1. The van der Waals surface area contributed by atoms with E-state index in [0.717, 1.165) is 12.0 Å². The molecule has 4 nitrogen and oxygen atoms in total. The van der Waals surface area contributed by atoms with Gasteiger partial charge in [0.2, 0.25) is 0 Å². The zero-order chi connectivity index (χ0) is 16.9. The molecule has 1 N–H and O–H groups in total. The maximum absolute atomic E-state index is 12.4. The van der Waals surface area contributed by atoms with Gasteiger partial charge in [-0.05, 0) is 23.6 Å². The number of para-hydroxylation sites is 1. The van der Waals surface area contributed by atoms with Crippen molar-refractivity contribution in [3.05, 3.63) is 65.2 Å².